The second-order valence-electron chi connectivity index (χ2n) is 4.76. The van der Waals surface area contributed by atoms with Gasteiger partial charge in [0, 0.05) is 18.2 Å². The van der Waals surface area contributed by atoms with Crippen LogP contribution < -0.4 is 5.32 Å². The maximum absolute atomic E-state index is 12.3. The quantitative estimate of drug-likeness (QED) is 0.918. The third kappa shape index (κ3) is 3.20. The van der Waals surface area contributed by atoms with Crippen molar-refractivity contribution in [3.63, 3.8) is 0 Å². The lowest BCUT2D eigenvalue weighted by atomic mass is 10.1. The number of benzene rings is 1. The van der Waals surface area contributed by atoms with Gasteiger partial charge in [0.25, 0.3) is 5.91 Å². The van der Waals surface area contributed by atoms with Crippen LogP contribution in [0.1, 0.15) is 23.2 Å². The van der Waals surface area contributed by atoms with Gasteiger partial charge in [0.1, 0.15) is 6.33 Å². The summed E-state index contributed by atoms with van der Waals surface area (Å²) in [4.78, 5) is 12.3. The minimum absolute atomic E-state index is 0.0951. The number of amides is 1. The number of nitrogens with zero attached hydrogens (tertiary/aromatic N) is 4. The fourth-order valence-electron chi connectivity index (χ4n) is 2.27. The summed E-state index contributed by atoms with van der Waals surface area (Å²) in [7, 11) is 0. The summed E-state index contributed by atoms with van der Waals surface area (Å²) in [6.07, 6.45) is 3.53. The van der Waals surface area contributed by atoms with Crippen LogP contribution in [0.25, 0.3) is 5.69 Å². The number of aromatic nitrogens is 4. The Morgan fingerprint density at radius 2 is 2.43 bits per heavy atom. The average Bonchev–Trinajstić information content (AvgIpc) is 3.18. The lowest BCUT2D eigenvalue weighted by molar-refractivity contribution is 0.0857. The molecule has 1 fully saturated rings. The molecule has 0 spiro atoms. The summed E-state index contributed by atoms with van der Waals surface area (Å²) in [6, 6.07) is 4.97. The Bertz CT molecular complexity index is 625. The highest BCUT2D eigenvalue weighted by atomic mass is 35.5. The van der Waals surface area contributed by atoms with Crippen LogP contribution in [0.15, 0.2) is 24.5 Å². The van der Waals surface area contributed by atoms with Crippen LogP contribution in [-0.2, 0) is 4.74 Å². The molecular weight excluding hydrogens is 294 g/mol. The molecule has 0 bridgehead atoms. The molecule has 0 saturated carbocycles. The molecule has 21 heavy (non-hydrogen) atoms. The molecule has 1 aliphatic heterocycles. The van der Waals surface area contributed by atoms with Crippen molar-refractivity contribution >= 4 is 17.5 Å². The first-order chi connectivity index (χ1) is 10.2. The van der Waals surface area contributed by atoms with Crippen molar-refractivity contribution in [2.24, 2.45) is 0 Å². The number of hydrogen-bond donors (Lipinski definition) is 1. The minimum atomic E-state index is -0.201. The normalized spacial score (nSPS) is 17.9. The highest BCUT2D eigenvalue weighted by molar-refractivity contribution is 6.31. The number of rotatable bonds is 4. The summed E-state index contributed by atoms with van der Waals surface area (Å²) in [5, 5.41) is 14.3. The van der Waals surface area contributed by atoms with E-state index in [0.29, 0.717) is 22.8 Å². The summed E-state index contributed by atoms with van der Waals surface area (Å²) in [5.41, 5.74) is 1.00. The molecule has 1 aromatic carbocycles. The van der Waals surface area contributed by atoms with E-state index < -0.39 is 0 Å². The molecule has 3 rings (SSSR count). The zero-order valence-electron chi connectivity index (χ0n) is 11.2. The number of carbonyl (C=O) groups excluding carboxylic acids is 1. The predicted molar refractivity (Wildman–Crippen MR) is 75.5 cm³/mol. The lowest BCUT2D eigenvalue weighted by Crippen LogP contribution is -2.32. The van der Waals surface area contributed by atoms with Crippen molar-refractivity contribution in [2.75, 3.05) is 13.2 Å². The monoisotopic (exact) mass is 307 g/mol. The number of ether oxygens (including phenoxy) is 1. The van der Waals surface area contributed by atoms with Crippen molar-refractivity contribution < 1.29 is 9.53 Å². The first-order valence-electron chi connectivity index (χ1n) is 6.67. The van der Waals surface area contributed by atoms with E-state index in [1.165, 1.54) is 11.0 Å². The summed E-state index contributed by atoms with van der Waals surface area (Å²) in [6.45, 7) is 1.26. The molecule has 1 N–H and O–H groups in total. The Morgan fingerprint density at radius 3 is 3.14 bits per heavy atom. The maximum atomic E-state index is 12.3. The van der Waals surface area contributed by atoms with E-state index >= 15 is 0 Å². The molecule has 1 aromatic heterocycles. The number of carbonyl (C=O) groups is 1. The first kappa shape index (κ1) is 14.0. The molecule has 110 valence electrons. The topological polar surface area (TPSA) is 81.9 Å². The van der Waals surface area contributed by atoms with E-state index in [2.05, 4.69) is 20.8 Å². The summed E-state index contributed by atoms with van der Waals surface area (Å²) in [5.74, 6) is -0.201. The Kier molecular flexibility index (Phi) is 4.12. The van der Waals surface area contributed by atoms with Crippen LogP contribution in [0.3, 0.4) is 0 Å². The van der Waals surface area contributed by atoms with Crippen LogP contribution in [0.2, 0.25) is 5.02 Å². The maximum Gasteiger partial charge on any atom is 0.253 e. The van der Waals surface area contributed by atoms with Gasteiger partial charge >= 0.3 is 0 Å². The van der Waals surface area contributed by atoms with E-state index in [1.807, 2.05) is 0 Å². The van der Waals surface area contributed by atoms with E-state index in [0.717, 1.165) is 19.4 Å². The fraction of sp³-hybridized carbons (Fsp3) is 0.385. The highest BCUT2D eigenvalue weighted by Gasteiger charge is 2.19. The van der Waals surface area contributed by atoms with Gasteiger partial charge in [0.2, 0.25) is 0 Å². The molecule has 1 amide bonds. The highest BCUT2D eigenvalue weighted by Crippen LogP contribution is 2.19. The Labute approximate surface area is 126 Å². The number of nitrogens with one attached hydrogen (secondary N) is 1. The largest absolute Gasteiger partial charge is 0.376 e. The van der Waals surface area contributed by atoms with Crippen molar-refractivity contribution in [1.29, 1.82) is 0 Å². The van der Waals surface area contributed by atoms with Crippen LogP contribution in [-0.4, -0.2) is 45.4 Å². The lowest BCUT2D eigenvalue weighted by Gasteiger charge is -2.13. The van der Waals surface area contributed by atoms with Crippen LogP contribution >= 0.6 is 11.6 Å². The number of hydrogen-bond acceptors (Lipinski definition) is 5. The molecule has 1 atom stereocenters. The van der Waals surface area contributed by atoms with Crippen molar-refractivity contribution in [3.05, 3.63) is 35.1 Å². The van der Waals surface area contributed by atoms with E-state index in [-0.39, 0.29) is 12.0 Å². The molecule has 2 heterocycles. The van der Waals surface area contributed by atoms with Gasteiger partial charge < -0.3 is 10.1 Å². The second kappa shape index (κ2) is 6.19. The Morgan fingerprint density at radius 1 is 1.52 bits per heavy atom. The van der Waals surface area contributed by atoms with Gasteiger partial charge in [-0.1, -0.05) is 11.6 Å². The van der Waals surface area contributed by atoms with Crippen molar-refractivity contribution in [3.8, 4) is 5.69 Å². The van der Waals surface area contributed by atoms with Gasteiger partial charge in [-0.25, -0.2) is 0 Å². The minimum Gasteiger partial charge on any atom is -0.376 e. The molecule has 2 aromatic rings. The van der Waals surface area contributed by atoms with Gasteiger partial charge in [-0.05, 0) is 41.5 Å². The van der Waals surface area contributed by atoms with Gasteiger partial charge in [-0.2, -0.15) is 4.68 Å². The van der Waals surface area contributed by atoms with E-state index in [4.69, 9.17) is 16.3 Å². The Balaban J connectivity index is 1.79. The Hall–Kier alpha value is -1.99. The molecule has 1 aliphatic rings. The standard InChI is InChI=1S/C13H14ClN5O2/c14-9-3-4-11(12(6-9)19-8-16-17-18-19)13(20)15-7-10-2-1-5-21-10/h3-4,6,8,10H,1-2,5,7H2,(H,15,20). The number of halogens is 1. The zero-order valence-corrected chi connectivity index (χ0v) is 12.0. The van der Waals surface area contributed by atoms with Crippen LogP contribution in [0.4, 0.5) is 0 Å². The molecule has 8 heteroatoms. The van der Waals surface area contributed by atoms with Gasteiger partial charge in [0.15, 0.2) is 0 Å². The molecule has 7 nitrogen and oxygen atoms in total. The molecule has 1 saturated heterocycles. The van der Waals surface area contributed by atoms with Gasteiger partial charge in [-0.15, -0.1) is 5.10 Å². The zero-order chi connectivity index (χ0) is 14.7. The summed E-state index contributed by atoms with van der Waals surface area (Å²) >= 11 is 5.99. The SMILES string of the molecule is O=C(NCC1CCCO1)c1ccc(Cl)cc1-n1cnnn1. The molecule has 0 radical (unpaired) electrons. The molecule has 0 aliphatic carbocycles. The van der Waals surface area contributed by atoms with Gasteiger partial charge in [0.05, 0.1) is 17.4 Å². The summed E-state index contributed by atoms with van der Waals surface area (Å²) < 4.78 is 6.90. The van der Waals surface area contributed by atoms with E-state index in [1.54, 1.807) is 18.2 Å². The third-order valence-corrected chi connectivity index (χ3v) is 3.55. The molecule has 1 unspecified atom stereocenters. The molecular formula is C13H14ClN5O2. The van der Waals surface area contributed by atoms with Crippen molar-refractivity contribution in [2.45, 2.75) is 18.9 Å². The van der Waals surface area contributed by atoms with Crippen molar-refractivity contribution in [1.82, 2.24) is 25.5 Å². The fourth-order valence-corrected chi connectivity index (χ4v) is 2.43. The number of tetrazole rings is 1. The van der Waals surface area contributed by atoms with Crippen LogP contribution in [0.5, 0.6) is 0 Å². The van der Waals surface area contributed by atoms with Gasteiger partial charge in [-0.3, -0.25) is 4.79 Å². The average molecular weight is 308 g/mol. The van der Waals surface area contributed by atoms with Crippen LogP contribution in [0, 0.1) is 0 Å². The second-order valence-corrected chi connectivity index (χ2v) is 5.20. The third-order valence-electron chi connectivity index (χ3n) is 3.31. The first-order valence-corrected chi connectivity index (χ1v) is 7.04. The smallest absolute Gasteiger partial charge is 0.253 e. The predicted octanol–water partition coefficient (Wildman–Crippen LogP) is 1.22. The van der Waals surface area contributed by atoms with E-state index in [9.17, 15) is 4.79 Å².